The molecular formula is C23H23ClN4O3. The van der Waals surface area contributed by atoms with Crippen molar-refractivity contribution in [2.75, 3.05) is 19.0 Å². The fraction of sp³-hybridized carbons (Fsp3) is 0.174. The lowest BCUT2D eigenvalue weighted by atomic mass is 10.2. The van der Waals surface area contributed by atoms with Crippen LogP contribution in [-0.4, -0.2) is 30.6 Å². The minimum absolute atomic E-state index is 0.241. The summed E-state index contributed by atoms with van der Waals surface area (Å²) >= 11 is 6.13. The number of hydrogen-bond donors (Lipinski definition) is 2. The first-order chi connectivity index (χ1) is 15.1. The number of halogens is 1. The van der Waals surface area contributed by atoms with Gasteiger partial charge in [0.2, 0.25) is 5.96 Å². The lowest BCUT2D eigenvalue weighted by Gasteiger charge is -2.15. The number of amides is 1. The highest BCUT2D eigenvalue weighted by molar-refractivity contribution is 6.31. The van der Waals surface area contributed by atoms with E-state index in [4.69, 9.17) is 21.1 Å². The summed E-state index contributed by atoms with van der Waals surface area (Å²) in [5, 5.41) is 6.42. The predicted molar refractivity (Wildman–Crippen MR) is 122 cm³/mol. The van der Waals surface area contributed by atoms with Gasteiger partial charge in [0.1, 0.15) is 11.5 Å². The summed E-state index contributed by atoms with van der Waals surface area (Å²) < 4.78 is 10.8. The number of pyridine rings is 1. The Morgan fingerprint density at radius 3 is 2.61 bits per heavy atom. The summed E-state index contributed by atoms with van der Waals surface area (Å²) in [6, 6.07) is 17.6. The standard InChI is InChI=1S/C23H23ClN4O3/c1-3-31-19-10-7-16(8-11-19)22(29)28-23(26-15-18-6-4-5-13-25-18)27-20-14-17(24)9-12-21(20)30-2/h4-14H,3,15H2,1-2H3,(H2,26,27,28,29). The third-order valence-electron chi connectivity index (χ3n) is 4.20. The Labute approximate surface area is 186 Å². The van der Waals surface area contributed by atoms with E-state index in [1.165, 1.54) is 0 Å². The highest BCUT2D eigenvalue weighted by Gasteiger charge is 2.12. The number of aliphatic imine (C=N–C) groups is 1. The van der Waals surface area contributed by atoms with Gasteiger partial charge in [-0.3, -0.25) is 15.1 Å². The van der Waals surface area contributed by atoms with Crippen LogP contribution in [0.15, 0.2) is 71.9 Å². The van der Waals surface area contributed by atoms with Crippen LogP contribution < -0.4 is 20.1 Å². The quantitative estimate of drug-likeness (QED) is 0.418. The smallest absolute Gasteiger partial charge is 0.257 e. The van der Waals surface area contributed by atoms with E-state index < -0.39 is 0 Å². The third-order valence-corrected chi connectivity index (χ3v) is 4.43. The normalized spacial score (nSPS) is 11.0. The number of carbonyl (C=O) groups excluding carboxylic acids is 1. The van der Waals surface area contributed by atoms with Gasteiger partial charge in [-0.1, -0.05) is 17.7 Å². The fourth-order valence-electron chi connectivity index (χ4n) is 2.72. The highest BCUT2D eigenvalue weighted by atomic mass is 35.5. The second kappa shape index (κ2) is 11.0. The highest BCUT2D eigenvalue weighted by Crippen LogP contribution is 2.27. The van der Waals surface area contributed by atoms with Gasteiger partial charge in [-0.25, -0.2) is 4.99 Å². The molecule has 1 heterocycles. The number of carbonyl (C=O) groups is 1. The van der Waals surface area contributed by atoms with Crippen LogP contribution in [-0.2, 0) is 6.54 Å². The Bertz CT molecular complexity index is 1040. The predicted octanol–water partition coefficient (Wildman–Crippen LogP) is 4.54. The summed E-state index contributed by atoms with van der Waals surface area (Å²) in [4.78, 5) is 21.6. The summed E-state index contributed by atoms with van der Waals surface area (Å²) in [7, 11) is 1.55. The van der Waals surface area contributed by atoms with Crippen LogP contribution in [0.5, 0.6) is 11.5 Å². The van der Waals surface area contributed by atoms with Crippen LogP contribution in [0.25, 0.3) is 0 Å². The largest absolute Gasteiger partial charge is 0.495 e. The summed E-state index contributed by atoms with van der Waals surface area (Å²) in [5.41, 5.74) is 1.80. The molecule has 0 aliphatic carbocycles. The Morgan fingerprint density at radius 2 is 1.94 bits per heavy atom. The van der Waals surface area contributed by atoms with E-state index in [1.54, 1.807) is 55.8 Å². The zero-order chi connectivity index (χ0) is 22.1. The molecule has 7 nitrogen and oxygen atoms in total. The molecule has 0 unspecified atom stereocenters. The van der Waals surface area contributed by atoms with Crippen LogP contribution >= 0.6 is 11.6 Å². The number of guanidine groups is 1. The van der Waals surface area contributed by atoms with Crippen molar-refractivity contribution in [3.63, 3.8) is 0 Å². The van der Waals surface area contributed by atoms with Crippen molar-refractivity contribution < 1.29 is 14.3 Å². The van der Waals surface area contributed by atoms with Crippen molar-refractivity contribution in [1.29, 1.82) is 0 Å². The van der Waals surface area contributed by atoms with E-state index in [0.29, 0.717) is 34.4 Å². The number of nitrogens with one attached hydrogen (secondary N) is 2. The number of anilines is 1. The van der Waals surface area contributed by atoms with Crippen molar-refractivity contribution in [2.24, 2.45) is 4.99 Å². The maximum atomic E-state index is 12.8. The fourth-order valence-corrected chi connectivity index (χ4v) is 2.89. The van der Waals surface area contributed by atoms with E-state index in [0.717, 1.165) is 5.69 Å². The minimum atomic E-state index is -0.323. The number of aromatic nitrogens is 1. The van der Waals surface area contributed by atoms with Gasteiger partial charge in [-0.15, -0.1) is 0 Å². The third kappa shape index (κ3) is 6.45. The summed E-state index contributed by atoms with van der Waals surface area (Å²) in [6.45, 7) is 2.73. The maximum Gasteiger partial charge on any atom is 0.257 e. The van der Waals surface area contributed by atoms with Crippen molar-refractivity contribution in [1.82, 2.24) is 10.3 Å². The van der Waals surface area contributed by atoms with Gasteiger partial charge in [0.15, 0.2) is 0 Å². The minimum Gasteiger partial charge on any atom is -0.495 e. The molecule has 2 aromatic carbocycles. The lowest BCUT2D eigenvalue weighted by molar-refractivity contribution is 0.0977. The van der Waals surface area contributed by atoms with Crippen LogP contribution in [0, 0.1) is 0 Å². The second-order valence-electron chi connectivity index (χ2n) is 6.37. The topological polar surface area (TPSA) is 84.8 Å². The number of ether oxygens (including phenoxy) is 2. The molecule has 8 heteroatoms. The Kier molecular flexibility index (Phi) is 7.84. The molecule has 0 fully saturated rings. The van der Waals surface area contributed by atoms with Crippen LogP contribution in [0.1, 0.15) is 23.0 Å². The molecular weight excluding hydrogens is 416 g/mol. The Hall–Kier alpha value is -3.58. The van der Waals surface area contributed by atoms with Gasteiger partial charge in [-0.05, 0) is 61.5 Å². The van der Waals surface area contributed by atoms with Crippen molar-refractivity contribution in [2.45, 2.75) is 13.5 Å². The molecule has 2 N–H and O–H groups in total. The first-order valence-corrected chi connectivity index (χ1v) is 10.1. The zero-order valence-electron chi connectivity index (χ0n) is 17.3. The molecule has 0 spiro atoms. The van der Waals surface area contributed by atoms with Gasteiger partial charge < -0.3 is 14.8 Å². The monoisotopic (exact) mass is 438 g/mol. The number of methoxy groups -OCH3 is 1. The molecule has 31 heavy (non-hydrogen) atoms. The van der Waals surface area contributed by atoms with E-state index >= 15 is 0 Å². The molecule has 0 saturated heterocycles. The molecule has 0 bridgehead atoms. The Morgan fingerprint density at radius 1 is 1.13 bits per heavy atom. The van der Waals surface area contributed by atoms with Gasteiger partial charge in [0, 0.05) is 16.8 Å². The molecule has 0 aliphatic rings. The maximum absolute atomic E-state index is 12.8. The van der Waals surface area contributed by atoms with E-state index in [-0.39, 0.29) is 18.4 Å². The van der Waals surface area contributed by atoms with Crippen molar-refractivity contribution in [3.8, 4) is 11.5 Å². The van der Waals surface area contributed by atoms with Gasteiger partial charge in [-0.2, -0.15) is 0 Å². The molecule has 1 aromatic heterocycles. The van der Waals surface area contributed by atoms with Gasteiger partial charge >= 0.3 is 0 Å². The van der Waals surface area contributed by atoms with Crippen molar-refractivity contribution >= 4 is 29.2 Å². The molecule has 0 atom stereocenters. The molecule has 0 radical (unpaired) electrons. The molecule has 1 amide bonds. The van der Waals surface area contributed by atoms with Gasteiger partial charge in [0.05, 0.1) is 31.6 Å². The number of benzene rings is 2. The average molecular weight is 439 g/mol. The number of rotatable bonds is 7. The summed E-state index contributed by atoms with van der Waals surface area (Å²) in [5.74, 6) is 1.18. The van der Waals surface area contributed by atoms with Gasteiger partial charge in [0.25, 0.3) is 5.91 Å². The second-order valence-corrected chi connectivity index (χ2v) is 6.80. The van der Waals surface area contributed by atoms with Crippen LogP contribution in [0.4, 0.5) is 5.69 Å². The van der Waals surface area contributed by atoms with E-state index in [2.05, 4.69) is 20.6 Å². The van der Waals surface area contributed by atoms with E-state index in [9.17, 15) is 4.79 Å². The summed E-state index contributed by atoms with van der Waals surface area (Å²) in [6.07, 6.45) is 1.69. The SMILES string of the molecule is CCOc1ccc(C(=O)NC(=NCc2ccccn2)Nc2cc(Cl)ccc2OC)cc1. The molecule has 0 saturated carbocycles. The molecule has 0 aliphatic heterocycles. The van der Waals surface area contributed by atoms with Crippen LogP contribution in [0.2, 0.25) is 5.02 Å². The Balaban J connectivity index is 1.83. The molecule has 3 aromatic rings. The zero-order valence-corrected chi connectivity index (χ0v) is 18.0. The number of nitrogens with zero attached hydrogens (tertiary/aromatic N) is 2. The van der Waals surface area contributed by atoms with Crippen molar-refractivity contribution in [3.05, 3.63) is 83.1 Å². The van der Waals surface area contributed by atoms with Crippen LogP contribution in [0.3, 0.4) is 0 Å². The van der Waals surface area contributed by atoms with E-state index in [1.807, 2.05) is 25.1 Å². The number of hydrogen-bond acceptors (Lipinski definition) is 5. The lowest BCUT2D eigenvalue weighted by Crippen LogP contribution is -2.36. The molecule has 160 valence electrons. The first-order valence-electron chi connectivity index (χ1n) is 9.68. The average Bonchev–Trinajstić information content (AvgIpc) is 2.79. The first kappa shape index (κ1) is 22.1. The molecule has 3 rings (SSSR count).